The van der Waals surface area contributed by atoms with E-state index in [1.807, 2.05) is 6.08 Å². The van der Waals surface area contributed by atoms with Crippen molar-refractivity contribution < 1.29 is 9.59 Å². The maximum atomic E-state index is 12.4. The first-order chi connectivity index (χ1) is 10.4. The summed E-state index contributed by atoms with van der Waals surface area (Å²) in [6.45, 7) is 6.83. The summed E-state index contributed by atoms with van der Waals surface area (Å²) in [5.41, 5.74) is 1.31. The summed E-state index contributed by atoms with van der Waals surface area (Å²) in [5.74, 6) is 2.91. The van der Waals surface area contributed by atoms with Crippen LogP contribution in [0, 0.1) is 34.5 Å². The molecule has 118 valence electrons. The molecular weight excluding hydrogens is 272 g/mol. The molecule has 2 nitrogen and oxygen atoms in total. The average molecular weight is 298 g/mol. The number of fused-ring (bicyclic) bond motifs is 5. The van der Waals surface area contributed by atoms with Crippen LogP contribution in [0.25, 0.3) is 0 Å². The number of hydrogen-bond acceptors (Lipinski definition) is 2. The van der Waals surface area contributed by atoms with Crippen molar-refractivity contribution in [2.75, 3.05) is 0 Å². The lowest BCUT2D eigenvalue weighted by Gasteiger charge is -2.57. The zero-order chi connectivity index (χ0) is 15.7. The number of hydrogen-bond donors (Lipinski definition) is 0. The summed E-state index contributed by atoms with van der Waals surface area (Å²) in [5, 5.41) is 0. The molecule has 0 spiro atoms. The zero-order valence-corrected chi connectivity index (χ0v) is 13.9. The summed E-state index contributed by atoms with van der Waals surface area (Å²) in [6.07, 6.45) is 11.0. The van der Waals surface area contributed by atoms with Crippen LogP contribution < -0.4 is 0 Å². The van der Waals surface area contributed by atoms with Gasteiger partial charge in [-0.2, -0.15) is 0 Å². The van der Waals surface area contributed by atoms with Gasteiger partial charge in [-0.1, -0.05) is 32.4 Å². The molecule has 0 aromatic rings. The third-order valence-corrected chi connectivity index (χ3v) is 7.59. The zero-order valence-electron chi connectivity index (χ0n) is 13.9. The molecule has 0 heterocycles. The van der Waals surface area contributed by atoms with Gasteiger partial charge in [-0.15, -0.1) is 0 Å². The topological polar surface area (TPSA) is 34.1 Å². The quantitative estimate of drug-likeness (QED) is 0.674. The Labute approximate surface area is 133 Å². The molecule has 3 fully saturated rings. The van der Waals surface area contributed by atoms with E-state index in [9.17, 15) is 9.59 Å². The maximum absolute atomic E-state index is 12.4. The summed E-state index contributed by atoms with van der Waals surface area (Å²) in [6, 6.07) is 0. The predicted molar refractivity (Wildman–Crippen MR) is 86.2 cm³/mol. The minimum atomic E-state index is -0.0628. The first kappa shape index (κ1) is 14.4. The highest BCUT2D eigenvalue weighted by atomic mass is 16.1. The highest BCUT2D eigenvalue weighted by molar-refractivity contribution is 6.01. The number of rotatable bonds is 0. The smallest absolute Gasteiger partial charge is 0.178 e. The van der Waals surface area contributed by atoms with Crippen LogP contribution in [0.5, 0.6) is 0 Å². The number of carbonyl (C=O) groups excluding carboxylic acids is 2. The number of ketones is 2. The van der Waals surface area contributed by atoms with Gasteiger partial charge in [-0.05, 0) is 61.5 Å². The van der Waals surface area contributed by atoms with E-state index in [4.69, 9.17) is 0 Å². The first-order valence-electron chi connectivity index (χ1n) is 8.85. The monoisotopic (exact) mass is 298 g/mol. The summed E-state index contributed by atoms with van der Waals surface area (Å²) in [7, 11) is 0. The molecule has 0 radical (unpaired) electrons. The fourth-order valence-corrected chi connectivity index (χ4v) is 6.39. The Morgan fingerprint density at radius 2 is 1.91 bits per heavy atom. The molecule has 22 heavy (non-hydrogen) atoms. The second-order valence-electron chi connectivity index (χ2n) is 8.55. The van der Waals surface area contributed by atoms with Crippen LogP contribution in [0.1, 0.15) is 52.9 Å². The van der Waals surface area contributed by atoms with Gasteiger partial charge in [0.25, 0.3) is 0 Å². The summed E-state index contributed by atoms with van der Waals surface area (Å²) >= 11 is 0. The Bertz CT molecular complexity index is 613. The largest absolute Gasteiger partial charge is 0.299 e. The molecule has 4 aliphatic carbocycles. The van der Waals surface area contributed by atoms with Crippen molar-refractivity contribution in [1.29, 1.82) is 0 Å². The molecule has 2 heteroatoms. The fraction of sp³-hybridized carbons (Fsp3) is 0.700. The highest BCUT2D eigenvalue weighted by Crippen LogP contribution is 2.64. The average Bonchev–Trinajstić information content (AvgIpc) is 2.77. The van der Waals surface area contributed by atoms with E-state index in [-0.39, 0.29) is 16.6 Å². The summed E-state index contributed by atoms with van der Waals surface area (Å²) in [4.78, 5) is 24.3. The molecule has 6 atom stereocenters. The Morgan fingerprint density at radius 3 is 2.68 bits per heavy atom. The Morgan fingerprint density at radius 1 is 1.14 bits per heavy atom. The SMILES string of the molecule is CC1CC2C(CC[C@]3(C)C(=O)CCC23)[C@@]2(C)C=CC(=O)C=C12. The third kappa shape index (κ3) is 1.67. The van der Waals surface area contributed by atoms with Crippen molar-refractivity contribution in [3.05, 3.63) is 23.8 Å². The molecule has 0 bridgehead atoms. The maximum Gasteiger partial charge on any atom is 0.178 e. The molecule has 4 aliphatic rings. The fourth-order valence-electron chi connectivity index (χ4n) is 6.39. The Kier molecular flexibility index (Phi) is 2.90. The van der Waals surface area contributed by atoms with Gasteiger partial charge in [0.05, 0.1) is 0 Å². The second-order valence-corrected chi connectivity index (χ2v) is 8.55. The molecule has 4 rings (SSSR count). The van der Waals surface area contributed by atoms with E-state index in [0.29, 0.717) is 29.5 Å². The molecule has 0 amide bonds. The molecule has 0 saturated heterocycles. The van der Waals surface area contributed by atoms with Crippen LogP contribution in [0.15, 0.2) is 23.8 Å². The van der Waals surface area contributed by atoms with Crippen LogP contribution in [-0.2, 0) is 9.59 Å². The molecule has 0 aliphatic heterocycles. The van der Waals surface area contributed by atoms with E-state index in [2.05, 4.69) is 26.8 Å². The lowest BCUT2D eigenvalue weighted by molar-refractivity contribution is -0.132. The molecular formula is C20H26O2. The van der Waals surface area contributed by atoms with Gasteiger partial charge in [0.2, 0.25) is 0 Å². The number of allylic oxidation sites excluding steroid dienone is 4. The van der Waals surface area contributed by atoms with Crippen LogP contribution in [-0.4, -0.2) is 11.6 Å². The van der Waals surface area contributed by atoms with E-state index in [0.717, 1.165) is 32.1 Å². The second kappa shape index (κ2) is 4.43. The van der Waals surface area contributed by atoms with Gasteiger partial charge in [0.15, 0.2) is 5.78 Å². The molecule has 3 saturated carbocycles. The van der Waals surface area contributed by atoms with E-state index >= 15 is 0 Å². The van der Waals surface area contributed by atoms with E-state index in [1.165, 1.54) is 5.57 Å². The van der Waals surface area contributed by atoms with Gasteiger partial charge in [-0.25, -0.2) is 0 Å². The molecule has 0 aromatic heterocycles. The first-order valence-corrected chi connectivity index (χ1v) is 8.85. The highest BCUT2D eigenvalue weighted by Gasteiger charge is 2.59. The van der Waals surface area contributed by atoms with Gasteiger partial charge in [-0.3, -0.25) is 9.59 Å². The van der Waals surface area contributed by atoms with Crippen LogP contribution in [0.4, 0.5) is 0 Å². The van der Waals surface area contributed by atoms with Gasteiger partial charge in [0, 0.05) is 17.3 Å². The van der Waals surface area contributed by atoms with Crippen molar-refractivity contribution in [3.63, 3.8) is 0 Å². The lowest BCUT2D eigenvalue weighted by Crippen LogP contribution is -2.51. The minimum absolute atomic E-state index is 0.0310. The van der Waals surface area contributed by atoms with Gasteiger partial charge in [0.1, 0.15) is 5.78 Å². The summed E-state index contributed by atoms with van der Waals surface area (Å²) < 4.78 is 0. The number of carbonyl (C=O) groups is 2. The van der Waals surface area contributed by atoms with Crippen LogP contribution >= 0.6 is 0 Å². The van der Waals surface area contributed by atoms with Crippen LogP contribution in [0.3, 0.4) is 0 Å². The normalized spacial score (nSPS) is 50.2. The predicted octanol–water partition coefficient (Wildman–Crippen LogP) is 4.11. The molecule has 0 aromatic carbocycles. The third-order valence-electron chi connectivity index (χ3n) is 7.59. The minimum Gasteiger partial charge on any atom is -0.299 e. The molecule has 0 N–H and O–H groups in total. The van der Waals surface area contributed by atoms with Crippen molar-refractivity contribution >= 4 is 11.6 Å². The number of Topliss-reactive ketones (excluding diaryl/α,β-unsaturated/α-hetero) is 1. The van der Waals surface area contributed by atoms with E-state index in [1.54, 1.807) is 6.08 Å². The van der Waals surface area contributed by atoms with Crippen molar-refractivity contribution in [2.24, 2.45) is 34.5 Å². The van der Waals surface area contributed by atoms with Crippen LogP contribution in [0.2, 0.25) is 0 Å². The molecule has 4 unspecified atom stereocenters. The van der Waals surface area contributed by atoms with Gasteiger partial charge < -0.3 is 0 Å². The van der Waals surface area contributed by atoms with Crippen molar-refractivity contribution in [1.82, 2.24) is 0 Å². The Hall–Kier alpha value is -1.18. The van der Waals surface area contributed by atoms with Gasteiger partial charge >= 0.3 is 0 Å². The van der Waals surface area contributed by atoms with E-state index < -0.39 is 0 Å². The van der Waals surface area contributed by atoms with Crippen molar-refractivity contribution in [2.45, 2.75) is 52.9 Å². The Balaban J connectivity index is 1.76. The standard InChI is InChI=1S/C20H26O2/c1-12-10-14-15-4-5-18(22)20(15,3)9-7-16(14)19(2)8-6-13(21)11-17(12)19/h6,8,11-12,14-16H,4-5,7,9-10H2,1-3H3/t12?,14?,15?,16?,19-,20+/m1/s1. The van der Waals surface area contributed by atoms with Crippen molar-refractivity contribution in [3.8, 4) is 0 Å². The lowest BCUT2D eigenvalue weighted by atomic mass is 9.47.